The smallest absolute Gasteiger partial charge is 0.319 e. The number of hydrogen-bond donors (Lipinski definition) is 0. The molecule has 4 saturated heterocycles. The molecule has 0 N–H and O–H groups in total. The molecule has 0 spiro atoms. The summed E-state index contributed by atoms with van der Waals surface area (Å²) >= 11 is 19.4. The summed E-state index contributed by atoms with van der Waals surface area (Å²) in [7, 11) is 2.06. The summed E-state index contributed by atoms with van der Waals surface area (Å²) in [5.74, 6) is -4.09. The lowest BCUT2D eigenvalue weighted by atomic mass is 9.88. The van der Waals surface area contributed by atoms with Crippen LogP contribution in [0.2, 0.25) is 15.1 Å². The Bertz CT molecular complexity index is 6270. The van der Waals surface area contributed by atoms with Gasteiger partial charge in [-0.2, -0.15) is 29.9 Å². The first-order valence-corrected chi connectivity index (χ1v) is 44.2. The van der Waals surface area contributed by atoms with Gasteiger partial charge in [-0.25, -0.2) is 55.4 Å². The first-order valence-electron chi connectivity index (χ1n) is 43.1. The molecule has 6 aromatic carbocycles. The van der Waals surface area contributed by atoms with Crippen molar-refractivity contribution in [3.63, 3.8) is 0 Å². The SMILES string of the molecule is [C-]#[N+]C[C@H]1CN(c2nc(OC3Cc4nccn4C3)nc3c2CCN(c2cccc4ccc(F)c(Cl)c24)C3)CCN1C(=O)C(=C)F.[C-]#[N+]C[C@H]1CN(c2nc(OCC3(C)CCN3C)nc3c2CCN(c2cccc4ccc(F)c(Cl)c24)C3)CCN1C(=O)C(=C)F.[C-]#[N+]C[C@H]1CN(c2nc(OCCC(C)F)nc3c2CCN(c2cccc4ccc(F)c(Cl)c24)C3)CCN1C(=O)C(=C)F. The van der Waals surface area contributed by atoms with Crippen molar-refractivity contribution in [2.75, 3.05) is 154 Å². The first-order chi connectivity index (χ1) is 63.1. The predicted octanol–water partition coefficient (Wildman–Crippen LogP) is 15.0. The van der Waals surface area contributed by atoms with Gasteiger partial charge in [0.25, 0.3) is 17.7 Å². The van der Waals surface area contributed by atoms with Crippen LogP contribution in [0.15, 0.2) is 141 Å². The van der Waals surface area contributed by atoms with Crippen LogP contribution >= 0.6 is 34.8 Å². The van der Waals surface area contributed by atoms with Crippen molar-refractivity contribution in [2.45, 2.75) is 114 Å². The fourth-order valence-electron chi connectivity index (χ4n) is 18.5. The molecule has 4 fully saturated rings. The summed E-state index contributed by atoms with van der Waals surface area (Å²) in [4.78, 5) is 100.0. The number of rotatable bonds is 21. The minimum absolute atomic E-state index is 0.00722. The number of benzene rings is 6. The number of piperazine rings is 3. The number of likely N-dealkylation sites (tertiary alicyclic amines) is 1. The van der Waals surface area contributed by atoms with Gasteiger partial charge in [-0.15, -0.1) is 0 Å². The summed E-state index contributed by atoms with van der Waals surface area (Å²) in [6.07, 6.45) is 5.95. The number of fused-ring (bicyclic) bond motifs is 7. The van der Waals surface area contributed by atoms with Gasteiger partial charge >= 0.3 is 18.0 Å². The first kappa shape index (κ1) is 91.5. The normalized spacial score (nSPS) is 19.6. The van der Waals surface area contributed by atoms with E-state index in [0.29, 0.717) is 150 Å². The van der Waals surface area contributed by atoms with Gasteiger partial charge in [0.15, 0.2) is 17.5 Å². The van der Waals surface area contributed by atoms with Crippen molar-refractivity contribution in [3.05, 3.63) is 247 Å². The van der Waals surface area contributed by atoms with E-state index in [2.05, 4.69) is 82.8 Å². The zero-order valence-electron chi connectivity index (χ0n) is 72.2. The van der Waals surface area contributed by atoms with Gasteiger partial charge in [0.2, 0.25) is 19.6 Å². The summed E-state index contributed by atoms with van der Waals surface area (Å²) in [6, 6.07) is 25.4. The number of halogens is 10. The van der Waals surface area contributed by atoms with E-state index in [9.17, 15) is 45.1 Å². The molecule has 0 radical (unpaired) electrons. The second-order valence-electron chi connectivity index (χ2n) is 33.8. The number of hydrogen-bond acceptors (Lipinski definition) is 20. The lowest BCUT2D eigenvalue weighted by Crippen LogP contribution is -2.59. The number of anilines is 6. The van der Waals surface area contributed by atoms with E-state index in [0.717, 1.165) is 80.1 Å². The largest absolute Gasteiger partial charge is 0.463 e. The molecule has 10 aromatic rings. The maximum atomic E-state index is 14.6. The van der Waals surface area contributed by atoms with Crippen molar-refractivity contribution in [1.82, 2.24) is 59.1 Å². The number of imidazole rings is 1. The predicted molar refractivity (Wildman–Crippen MR) is 488 cm³/mol. The average Bonchev–Trinajstić information content (AvgIpc) is 0.979. The minimum Gasteiger partial charge on any atom is -0.463 e. The Morgan fingerprint density at radius 3 is 1.24 bits per heavy atom. The Morgan fingerprint density at radius 1 is 0.511 bits per heavy atom. The Kier molecular flexibility index (Phi) is 27.3. The van der Waals surface area contributed by atoms with Gasteiger partial charge in [0.05, 0.1) is 70.5 Å². The highest BCUT2D eigenvalue weighted by atomic mass is 35.5. The van der Waals surface area contributed by atoms with E-state index in [1.165, 1.54) is 39.8 Å². The zero-order valence-corrected chi connectivity index (χ0v) is 74.5. The zero-order chi connectivity index (χ0) is 92.4. The molecule has 27 nitrogen and oxygen atoms in total. The molecule has 6 atom stereocenters. The van der Waals surface area contributed by atoms with Gasteiger partial charge in [0, 0.05) is 160 Å². The molecule has 3 amide bonds. The Labute approximate surface area is 767 Å². The molecule has 8 aliphatic rings. The molecule has 0 aliphatic carbocycles. The lowest BCUT2D eigenvalue weighted by Gasteiger charge is -2.47. The molecular formula is C94H93Cl3F7N21O6. The van der Waals surface area contributed by atoms with Crippen LogP contribution in [0.1, 0.15) is 66.3 Å². The summed E-state index contributed by atoms with van der Waals surface area (Å²) in [6.45, 7) is 43.1. The highest BCUT2D eigenvalue weighted by molar-refractivity contribution is 6.38. The maximum Gasteiger partial charge on any atom is 0.319 e. The number of nitrogens with zero attached hydrogens (tertiary/aromatic N) is 21. The van der Waals surface area contributed by atoms with Crippen LogP contribution in [0.3, 0.4) is 0 Å². The number of aromatic nitrogens is 8. The Balaban J connectivity index is 0.000000144. The summed E-state index contributed by atoms with van der Waals surface area (Å²) in [5.41, 5.74) is 7.29. The molecule has 680 valence electrons. The number of likely N-dealkylation sites (N-methyl/N-ethyl adjacent to an activating group) is 1. The van der Waals surface area contributed by atoms with Crippen LogP contribution in [-0.4, -0.2) is 238 Å². The van der Waals surface area contributed by atoms with Crippen LogP contribution < -0.4 is 43.6 Å². The number of ether oxygens (including phenoxy) is 3. The van der Waals surface area contributed by atoms with Crippen molar-refractivity contribution in [1.29, 1.82) is 0 Å². The number of carbonyl (C=O) groups excluding carboxylic acids is 3. The van der Waals surface area contributed by atoms with Crippen LogP contribution in [0, 0.1) is 37.2 Å². The second-order valence-corrected chi connectivity index (χ2v) is 35.0. The van der Waals surface area contributed by atoms with E-state index in [-0.39, 0.29) is 104 Å². The van der Waals surface area contributed by atoms with Crippen molar-refractivity contribution in [3.8, 4) is 18.0 Å². The third-order valence-electron chi connectivity index (χ3n) is 25.6. The highest BCUT2D eigenvalue weighted by Gasteiger charge is 2.43. The quantitative estimate of drug-likeness (QED) is 0.0371. The van der Waals surface area contributed by atoms with Crippen LogP contribution in [-0.2, 0) is 66.2 Å². The molecule has 37 heteroatoms. The second kappa shape index (κ2) is 39.1. The molecular weight excluding hydrogens is 1760 g/mol. The molecule has 4 aromatic heterocycles. The molecule has 3 unspecified atom stereocenters. The van der Waals surface area contributed by atoms with E-state index in [1.807, 2.05) is 80.1 Å². The molecule has 8 aliphatic heterocycles. The van der Waals surface area contributed by atoms with Crippen LogP contribution in [0.4, 0.5) is 65.2 Å². The Morgan fingerprint density at radius 2 is 0.893 bits per heavy atom. The molecule has 18 rings (SSSR count). The third-order valence-corrected chi connectivity index (χ3v) is 26.7. The topological polar surface area (TPSA) is 220 Å². The van der Waals surface area contributed by atoms with Crippen LogP contribution in [0.25, 0.3) is 46.9 Å². The number of alkyl halides is 1. The third kappa shape index (κ3) is 19.1. The number of amides is 3. The average molecular weight is 1850 g/mol. The van der Waals surface area contributed by atoms with E-state index >= 15 is 0 Å². The van der Waals surface area contributed by atoms with Crippen molar-refractivity contribution >= 4 is 119 Å². The standard InChI is InChI=1S/C32H29ClF2N8O2.C32H34ClF2N7O2.C30H30ClF3N6O2/c1-19(34)31(44)43-13-12-42(16-21(43)15-36-2)30-23-8-10-40(26-5-3-4-20-6-7-24(35)29(33)28(20)26)18-25(23)38-32(39-30)45-22-14-27-37-9-11-41(27)17-22;1-20(34)30(43)42-15-14-41(17-22(42)16-36-3)29-23-10-12-40(26-7-5-6-21-8-9-24(35)28(33)27(21)26)18-25(23)37-31(38-29)44-19-32(2)11-13-39(32)4;1-18(32)10-14-42-30-36-24-17-38(25-6-4-5-20-7-8-23(34)27(31)26(20)25)11-9-22(24)28(37-30)39-12-13-40(29(41)19(2)33)21(16-39)15-35-3/h3-7,9,11,21-22H,1,8,10,12-18H2;5-9,22H,1,10-19H2,2,4H3;4-8,18,21H,2,9-17H2,1H3/t21-,22?;22-,32?;18?,21-/m000/s1. The van der Waals surface area contributed by atoms with E-state index < -0.39 is 77.0 Å². The van der Waals surface area contributed by atoms with Gasteiger partial charge in [0.1, 0.15) is 77.7 Å². The lowest BCUT2D eigenvalue weighted by molar-refractivity contribution is -0.131. The fourth-order valence-corrected chi connectivity index (χ4v) is 19.3. The van der Waals surface area contributed by atoms with Crippen LogP contribution in [0.5, 0.6) is 18.0 Å². The maximum absolute atomic E-state index is 14.6. The van der Waals surface area contributed by atoms with Crippen molar-refractivity contribution in [2.24, 2.45) is 0 Å². The molecule has 12 heterocycles. The summed E-state index contributed by atoms with van der Waals surface area (Å²) < 4.78 is 119. The molecule has 0 bridgehead atoms. The Hall–Kier alpha value is -12.8. The van der Waals surface area contributed by atoms with E-state index in [4.69, 9.17) is 88.7 Å². The fraction of sp³-hybridized carbons (Fsp3) is 0.394. The number of carbonyl (C=O) groups is 3. The van der Waals surface area contributed by atoms with Gasteiger partial charge < -0.3 is 77.4 Å². The summed E-state index contributed by atoms with van der Waals surface area (Å²) in [5, 5.41) is 4.62. The van der Waals surface area contributed by atoms with Gasteiger partial charge in [-0.1, -0.05) is 109 Å². The minimum atomic E-state index is -1.07. The van der Waals surface area contributed by atoms with Gasteiger partial charge in [-0.05, 0) is 99.1 Å². The monoisotopic (exact) mass is 1850 g/mol. The van der Waals surface area contributed by atoms with E-state index in [1.54, 1.807) is 24.4 Å². The highest BCUT2D eigenvalue weighted by Crippen LogP contribution is 2.44. The molecule has 131 heavy (non-hydrogen) atoms. The van der Waals surface area contributed by atoms with Gasteiger partial charge in [-0.3, -0.25) is 19.3 Å². The van der Waals surface area contributed by atoms with Crippen molar-refractivity contribution < 1.29 is 59.3 Å². The molecule has 0 saturated carbocycles.